The smallest absolute Gasteiger partial charge is 0.287 e. The van der Waals surface area contributed by atoms with Crippen LogP contribution in [0.5, 0.6) is 0 Å². The van der Waals surface area contributed by atoms with Gasteiger partial charge in [0, 0.05) is 18.3 Å². The van der Waals surface area contributed by atoms with Crippen molar-refractivity contribution in [3.63, 3.8) is 0 Å². The van der Waals surface area contributed by atoms with E-state index in [9.17, 15) is 9.59 Å². The third kappa shape index (κ3) is 3.92. The second kappa shape index (κ2) is 6.86. The molecule has 0 aromatic carbocycles. The Kier molecular flexibility index (Phi) is 4.65. The maximum atomic E-state index is 12.3. The molecule has 1 N–H and O–H groups in total. The Labute approximate surface area is 135 Å². The van der Waals surface area contributed by atoms with Crippen molar-refractivity contribution in [1.29, 1.82) is 0 Å². The molecule has 2 aromatic rings. The first-order chi connectivity index (χ1) is 11.1. The van der Waals surface area contributed by atoms with Crippen LogP contribution in [0.3, 0.4) is 0 Å². The molecule has 0 spiro atoms. The highest BCUT2D eigenvalue weighted by molar-refractivity contribution is 5.91. The van der Waals surface area contributed by atoms with Crippen LogP contribution in [-0.4, -0.2) is 16.5 Å². The lowest BCUT2D eigenvalue weighted by Gasteiger charge is -2.26. The van der Waals surface area contributed by atoms with E-state index in [4.69, 9.17) is 4.42 Å². The van der Waals surface area contributed by atoms with Crippen LogP contribution in [0.25, 0.3) is 0 Å². The summed E-state index contributed by atoms with van der Waals surface area (Å²) in [5, 5.41) is 3.04. The fraction of sp³-hybridized carbons (Fsp3) is 0.444. The maximum Gasteiger partial charge on any atom is 0.287 e. The van der Waals surface area contributed by atoms with Crippen LogP contribution in [-0.2, 0) is 6.54 Å². The molecular formula is C18H22N2O3. The Balaban J connectivity index is 1.61. The molecule has 0 aliphatic heterocycles. The largest absolute Gasteiger partial charge is 0.454 e. The fourth-order valence-electron chi connectivity index (χ4n) is 3.01. The number of pyridine rings is 1. The number of hydrogen-bond donors (Lipinski definition) is 1. The van der Waals surface area contributed by atoms with E-state index < -0.39 is 0 Å². The van der Waals surface area contributed by atoms with Crippen molar-refractivity contribution in [1.82, 2.24) is 9.88 Å². The standard InChI is InChI=1S/C18H22N2O3/c1-13-5-7-14(8-6-13)19-18(22)16-10-9-15(23-16)12-20-11-3-2-4-17(20)21/h2-4,9-11,13-14H,5-8,12H2,1H3,(H,19,22). The number of amides is 1. The quantitative estimate of drug-likeness (QED) is 0.944. The summed E-state index contributed by atoms with van der Waals surface area (Å²) in [5.74, 6) is 1.49. The second-order valence-electron chi connectivity index (χ2n) is 6.36. The summed E-state index contributed by atoms with van der Waals surface area (Å²) in [5.41, 5.74) is -0.0915. The third-order valence-corrected chi connectivity index (χ3v) is 4.46. The molecule has 1 aliphatic carbocycles. The highest BCUT2D eigenvalue weighted by Gasteiger charge is 2.21. The van der Waals surface area contributed by atoms with E-state index >= 15 is 0 Å². The minimum atomic E-state index is -0.170. The predicted molar refractivity (Wildman–Crippen MR) is 87.4 cm³/mol. The van der Waals surface area contributed by atoms with Crippen LogP contribution < -0.4 is 10.9 Å². The topological polar surface area (TPSA) is 64.2 Å². The molecule has 0 bridgehead atoms. The van der Waals surface area contributed by atoms with Crippen molar-refractivity contribution in [2.45, 2.75) is 45.2 Å². The minimum Gasteiger partial charge on any atom is -0.454 e. The molecule has 1 saturated carbocycles. The zero-order valence-corrected chi connectivity index (χ0v) is 13.3. The van der Waals surface area contributed by atoms with Gasteiger partial charge in [0.05, 0.1) is 6.54 Å². The Morgan fingerprint density at radius 1 is 1.22 bits per heavy atom. The first-order valence-corrected chi connectivity index (χ1v) is 8.17. The summed E-state index contributed by atoms with van der Waals surface area (Å²) in [6.07, 6.45) is 6.07. The molecule has 122 valence electrons. The van der Waals surface area contributed by atoms with Crippen LogP contribution in [0.2, 0.25) is 0 Å². The van der Waals surface area contributed by atoms with Gasteiger partial charge in [0.2, 0.25) is 0 Å². The van der Waals surface area contributed by atoms with Gasteiger partial charge in [0.15, 0.2) is 5.76 Å². The minimum absolute atomic E-state index is 0.0915. The number of furan rings is 1. The normalized spacial score (nSPS) is 21.1. The van der Waals surface area contributed by atoms with Crippen LogP contribution in [0, 0.1) is 5.92 Å². The number of aromatic nitrogens is 1. The van der Waals surface area contributed by atoms with Gasteiger partial charge in [-0.1, -0.05) is 13.0 Å². The third-order valence-electron chi connectivity index (χ3n) is 4.46. The molecule has 1 aliphatic rings. The molecule has 5 nitrogen and oxygen atoms in total. The van der Waals surface area contributed by atoms with E-state index in [2.05, 4.69) is 12.2 Å². The highest BCUT2D eigenvalue weighted by atomic mass is 16.4. The van der Waals surface area contributed by atoms with Gasteiger partial charge in [-0.15, -0.1) is 0 Å². The van der Waals surface area contributed by atoms with E-state index in [1.807, 2.05) is 0 Å². The molecule has 1 amide bonds. The molecule has 2 aromatic heterocycles. The maximum absolute atomic E-state index is 12.3. The lowest BCUT2D eigenvalue weighted by molar-refractivity contribution is 0.0893. The van der Waals surface area contributed by atoms with Gasteiger partial charge < -0.3 is 14.3 Å². The van der Waals surface area contributed by atoms with Crippen molar-refractivity contribution in [2.24, 2.45) is 5.92 Å². The summed E-state index contributed by atoms with van der Waals surface area (Å²) in [7, 11) is 0. The number of nitrogens with one attached hydrogen (secondary N) is 1. The van der Waals surface area contributed by atoms with Gasteiger partial charge in [-0.2, -0.15) is 0 Å². The van der Waals surface area contributed by atoms with Crippen molar-refractivity contribution >= 4 is 5.91 Å². The Morgan fingerprint density at radius 2 is 2.00 bits per heavy atom. The molecule has 0 radical (unpaired) electrons. The highest BCUT2D eigenvalue weighted by Crippen LogP contribution is 2.23. The zero-order chi connectivity index (χ0) is 16.2. The van der Waals surface area contributed by atoms with Crippen LogP contribution in [0.15, 0.2) is 45.7 Å². The summed E-state index contributed by atoms with van der Waals surface area (Å²) in [6, 6.07) is 8.65. The molecule has 1 fully saturated rings. The molecule has 5 heteroatoms. The van der Waals surface area contributed by atoms with E-state index in [0.29, 0.717) is 18.1 Å². The van der Waals surface area contributed by atoms with Gasteiger partial charge in [-0.25, -0.2) is 0 Å². The zero-order valence-electron chi connectivity index (χ0n) is 13.3. The number of carbonyl (C=O) groups is 1. The predicted octanol–water partition coefficient (Wildman–Crippen LogP) is 2.80. The lowest BCUT2D eigenvalue weighted by Crippen LogP contribution is -2.37. The summed E-state index contributed by atoms with van der Waals surface area (Å²) in [6.45, 7) is 2.58. The number of rotatable bonds is 4. The SMILES string of the molecule is CC1CCC(NC(=O)c2ccc(Cn3ccccc3=O)o2)CC1. The van der Waals surface area contributed by atoms with Crippen LogP contribution in [0.1, 0.15) is 48.9 Å². The van der Waals surface area contributed by atoms with Crippen molar-refractivity contribution < 1.29 is 9.21 Å². The first kappa shape index (κ1) is 15.6. The summed E-state index contributed by atoms with van der Waals surface area (Å²) < 4.78 is 7.14. The molecular weight excluding hydrogens is 292 g/mol. The van der Waals surface area contributed by atoms with E-state index in [1.54, 1.807) is 35.0 Å². The molecule has 0 atom stereocenters. The Hall–Kier alpha value is -2.30. The van der Waals surface area contributed by atoms with E-state index in [1.165, 1.54) is 6.07 Å². The Bertz CT molecular complexity index is 724. The van der Waals surface area contributed by atoms with Gasteiger partial charge in [-0.05, 0) is 49.8 Å². The van der Waals surface area contributed by atoms with Gasteiger partial charge in [0.1, 0.15) is 5.76 Å². The summed E-state index contributed by atoms with van der Waals surface area (Å²) in [4.78, 5) is 23.9. The molecule has 0 saturated heterocycles. The molecule has 3 rings (SSSR count). The number of hydrogen-bond acceptors (Lipinski definition) is 3. The monoisotopic (exact) mass is 314 g/mol. The molecule has 2 heterocycles. The lowest BCUT2D eigenvalue weighted by atomic mass is 9.87. The van der Waals surface area contributed by atoms with Crippen LogP contribution >= 0.6 is 0 Å². The average Bonchev–Trinajstić information content (AvgIpc) is 3.01. The fourth-order valence-corrected chi connectivity index (χ4v) is 3.01. The molecule has 23 heavy (non-hydrogen) atoms. The van der Waals surface area contributed by atoms with Crippen molar-refractivity contribution in [3.8, 4) is 0 Å². The van der Waals surface area contributed by atoms with E-state index in [0.717, 1.165) is 31.6 Å². The van der Waals surface area contributed by atoms with Crippen molar-refractivity contribution in [3.05, 3.63) is 58.4 Å². The first-order valence-electron chi connectivity index (χ1n) is 8.17. The summed E-state index contributed by atoms with van der Waals surface area (Å²) >= 11 is 0. The van der Waals surface area contributed by atoms with Gasteiger partial charge >= 0.3 is 0 Å². The van der Waals surface area contributed by atoms with Crippen molar-refractivity contribution in [2.75, 3.05) is 0 Å². The van der Waals surface area contributed by atoms with Gasteiger partial charge in [0.25, 0.3) is 11.5 Å². The second-order valence-corrected chi connectivity index (χ2v) is 6.36. The van der Waals surface area contributed by atoms with E-state index in [-0.39, 0.29) is 17.5 Å². The number of nitrogens with zero attached hydrogens (tertiary/aromatic N) is 1. The Morgan fingerprint density at radius 3 is 2.74 bits per heavy atom. The van der Waals surface area contributed by atoms with Crippen LogP contribution in [0.4, 0.5) is 0 Å². The number of carbonyl (C=O) groups excluding carboxylic acids is 1. The molecule has 0 unspecified atom stereocenters. The van der Waals surface area contributed by atoms with Gasteiger partial charge in [-0.3, -0.25) is 9.59 Å². The average molecular weight is 314 g/mol.